The minimum Gasteiger partial charge on any atom is -0.318 e. The maximum absolute atomic E-state index is 12.1. The van der Waals surface area contributed by atoms with Crippen LogP contribution in [0.1, 0.15) is 21.6 Å². The van der Waals surface area contributed by atoms with E-state index in [1.165, 1.54) is 17.3 Å². The number of nitrogens with zero attached hydrogens (tertiary/aromatic N) is 3. The van der Waals surface area contributed by atoms with Crippen molar-refractivity contribution in [1.29, 1.82) is 0 Å². The number of H-pyrrole nitrogens is 1. The second kappa shape index (κ2) is 6.15. The summed E-state index contributed by atoms with van der Waals surface area (Å²) in [6.07, 6.45) is 4.96. The molecule has 22 heavy (non-hydrogen) atoms. The average Bonchev–Trinajstić information content (AvgIpc) is 3.10. The zero-order valence-electron chi connectivity index (χ0n) is 11.9. The fourth-order valence-electron chi connectivity index (χ4n) is 2.10. The number of nitrogens with one attached hydrogen (secondary N) is 2. The normalized spacial score (nSPS) is 10.6. The minimum atomic E-state index is -0.264. The third-order valence-electron chi connectivity index (χ3n) is 3.30. The lowest BCUT2D eigenvalue weighted by Gasteiger charge is -2.05. The summed E-state index contributed by atoms with van der Waals surface area (Å²) in [5.74, 6) is -0.264. The van der Waals surface area contributed by atoms with Gasteiger partial charge in [0.2, 0.25) is 0 Å². The first-order valence-corrected chi connectivity index (χ1v) is 7.50. The molecule has 112 valence electrons. The Morgan fingerprint density at radius 3 is 2.91 bits per heavy atom. The van der Waals surface area contributed by atoms with Gasteiger partial charge in [0.1, 0.15) is 5.69 Å². The molecule has 3 rings (SSSR count). The largest absolute Gasteiger partial charge is 0.318 e. The van der Waals surface area contributed by atoms with Crippen LogP contribution in [0.5, 0.6) is 0 Å². The molecule has 3 aromatic rings. The van der Waals surface area contributed by atoms with Crippen molar-refractivity contribution in [2.24, 2.45) is 0 Å². The SMILES string of the molecule is Cc1ccccc1Cn1cc(NC(=O)c2[nH]ncc2Br)cn1. The van der Waals surface area contributed by atoms with Gasteiger partial charge in [0.05, 0.1) is 29.1 Å². The Balaban J connectivity index is 1.70. The van der Waals surface area contributed by atoms with Crippen LogP contribution in [-0.2, 0) is 6.54 Å². The first-order chi connectivity index (χ1) is 10.6. The number of benzene rings is 1. The molecule has 0 aliphatic rings. The smallest absolute Gasteiger partial charge is 0.274 e. The van der Waals surface area contributed by atoms with E-state index in [2.05, 4.69) is 55.6 Å². The summed E-state index contributed by atoms with van der Waals surface area (Å²) in [5, 5.41) is 13.5. The Bertz CT molecular complexity index is 808. The van der Waals surface area contributed by atoms with E-state index < -0.39 is 0 Å². The van der Waals surface area contributed by atoms with Crippen LogP contribution in [0, 0.1) is 6.92 Å². The highest BCUT2D eigenvalue weighted by Gasteiger charge is 2.13. The lowest BCUT2D eigenvalue weighted by Crippen LogP contribution is -2.12. The molecule has 7 heteroatoms. The van der Waals surface area contributed by atoms with Crippen molar-refractivity contribution in [2.45, 2.75) is 13.5 Å². The molecule has 0 bridgehead atoms. The molecule has 2 heterocycles. The Kier molecular flexibility index (Phi) is 4.06. The van der Waals surface area contributed by atoms with E-state index in [0.29, 0.717) is 22.4 Å². The first kappa shape index (κ1) is 14.5. The molecule has 0 atom stereocenters. The van der Waals surface area contributed by atoms with E-state index in [0.717, 1.165) is 0 Å². The third-order valence-corrected chi connectivity index (χ3v) is 3.91. The third kappa shape index (κ3) is 3.09. The van der Waals surface area contributed by atoms with Gasteiger partial charge in [-0.25, -0.2) is 0 Å². The van der Waals surface area contributed by atoms with Crippen LogP contribution in [0.3, 0.4) is 0 Å². The molecule has 1 amide bonds. The topological polar surface area (TPSA) is 75.6 Å². The van der Waals surface area contributed by atoms with Gasteiger partial charge in [-0.1, -0.05) is 24.3 Å². The molecule has 0 saturated carbocycles. The van der Waals surface area contributed by atoms with Crippen LogP contribution in [0.15, 0.2) is 47.3 Å². The van der Waals surface area contributed by atoms with Crippen molar-refractivity contribution in [3.8, 4) is 0 Å². The summed E-state index contributed by atoms with van der Waals surface area (Å²) in [6.45, 7) is 2.73. The van der Waals surface area contributed by atoms with Gasteiger partial charge in [-0.2, -0.15) is 10.2 Å². The minimum absolute atomic E-state index is 0.264. The second-order valence-corrected chi connectivity index (χ2v) is 5.75. The molecule has 0 fully saturated rings. The van der Waals surface area contributed by atoms with Crippen LogP contribution in [0.4, 0.5) is 5.69 Å². The summed E-state index contributed by atoms with van der Waals surface area (Å²) in [5.41, 5.74) is 3.43. The van der Waals surface area contributed by atoms with E-state index >= 15 is 0 Å². The molecule has 2 aromatic heterocycles. The maximum Gasteiger partial charge on any atom is 0.274 e. The van der Waals surface area contributed by atoms with E-state index in [1.54, 1.807) is 17.1 Å². The van der Waals surface area contributed by atoms with Gasteiger partial charge in [-0.3, -0.25) is 14.6 Å². The van der Waals surface area contributed by atoms with Gasteiger partial charge in [-0.05, 0) is 34.0 Å². The Labute approximate surface area is 135 Å². The monoisotopic (exact) mass is 359 g/mol. The molecule has 1 aromatic carbocycles. The number of anilines is 1. The number of carbonyl (C=O) groups is 1. The Morgan fingerprint density at radius 2 is 2.18 bits per heavy atom. The molecule has 0 spiro atoms. The van der Waals surface area contributed by atoms with Crippen LogP contribution in [0.25, 0.3) is 0 Å². The quantitative estimate of drug-likeness (QED) is 0.751. The molecule has 0 unspecified atom stereocenters. The molecule has 6 nitrogen and oxygen atoms in total. The zero-order valence-corrected chi connectivity index (χ0v) is 13.5. The molecular weight excluding hydrogens is 346 g/mol. The van der Waals surface area contributed by atoms with Crippen LogP contribution >= 0.6 is 15.9 Å². The van der Waals surface area contributed by atoms with Crippen molar-refractivity contribution < 1.29 is 4.79 Å². The van der Waals surface area contributed by atoms with E-state index in [4.69, 9.17) is 0 Å². The number of hydrogen-bond acceptors (Lipinski definition) is 3. The van der Waals surface area contributed by atoms with Crippen molar-refractivity contribution in [3.05, 3.63) is 64.1 Å². The van der Waals surface area contributed by atoms with Crippen molar-refractivity contribution in [1.82, 2.24) is 20.0 Å². The van der Waals surface area contributed by atoms with E-state index in [-0.39, 0.29) is 5.91 Å². The highest BCUT2D eigenvalue weighted by atomic mass is 79.9. The van der Waals surface area contributed by atoms with Crippen molar-refractivity contribution in [3.63, 3.8) is 0 Å². The van der Waals surface area contributed by atoms with E-state index in [9.17, 15) is 4.79 Å². The first-order valence-electron chi connectivity index (χ1n) is 6.70. The van der Waals surface area contributed by atoms with Crippen LogP contribution < -0.4 is 5.32 Å². The van der Waals surface area contributed by atoms with Gasteiger partial charge in [0.25, 0.3) is 5.91 Å². The number of carbonyl (C=O) groups excluding carboxylic acids is 1. The number of aromatic amines is 1. The van der Waals surface area contributed by atoms with Gasteiger partial charge < -0.3 is 5.32 Å². The number of aryl methyl sites for hydroxylation is 1. The fraction of sp³-hybridized carbons (Fsp3) is 0.133. The number of aromatic nitrogens is 4. The van der Waals surface area contributed by atoms with Crippen LogP contribution in [-0.4, -0.2) is 25.9 Å². The highest BCUT2D eigenvalue weighted by Crippen LogP contribution is 2.16. The van der Waals surface area contributed by atoms with Gasteiger partial charge in [-0.15, -0.1) is 0 Å². The van der Waals surface area contributed by atoms with Crippen molar-refractivity contribution in [2.75, 3.05) is 5.32 Å². The Morgan fingerprint density at radius 1 is 1.36 bits per heavy atom. The number of halogens is 1. The number of hydrogen-bond donors (Lipinski definition) is 2. The lowest BCUT2D eigenvalue weighted by molar-refractivity contribution is 0.102. The molecule has 0 aliphatic heterocycles. The standard InChI is InChI=1S/C15H14BrN5O/c1-10-4-2-3-5-11(10)8-21-9-12(6-18-21)19-15(22)14-13(16)7-17-20-14/h2-7,9H,8H2,1H3,(H,17,20)(H,19,22). The molecular formula is C15H14BrN5O. The fourth-order valence-corrected chi connectivity index (χ4v) is 2.47. The summed E-state index contributed by atoms with van der Waals surface area (Å²) < 4.78 is 2.41. The maximum atomic E-state index is 12.1. The molecule has 0 aliphatic carbocycles. The number of rotatable bonds is 4. The summed E-state index contributed by atoms with van der Waals surface area (Å²) in [7, 11) is 0. The average molecular weight is 360 g/mol. The van der Waals surface area contributed by atoms with Gasteiger partial charge >= 0.3 is 0 Å². The van der Waals surface area contributed by atoms with Crippen LogP contribution in [0.2, 0.25) is 0 Å². The predicted molar refractivity (Wildman–Crippen MR) is 86.7 cm³/mol. The Hall–Kier alpha value is -2.41. The zero-order chi connectivity index (χ0) is 15.5. The summed E-state index contributed by atoms with van der Waals surface area (Å²) in [6, 6.07) is 8.15. The van der Waals surface area contributed by atoms with E-state index in [1.807, 2.05) is 12.1 Å². The summed E-state index contributed by atoms with van der Waals surface area (Å²) >= 11 is 3.26. The second-order valence-electron chi connectivity index (χ2n) is 4.90. The van der Waals surface area contributed by atoms with Gasteiger partial charge in [0.15, 0.2) is 0 Å². The molecule has 0 radical (unpaired) electrons. The summed E-state index contributed by atoms with van der Waals surface area (Å²) in [4.78, 5) is 12.1. The predicted octanol–water partition coefficient (Wildman–Crippen LogP) is 2.98. The molecule has 0 saturated heterocycles. The highest BCUT2D eigenvalue weighted by molar-refractivity contribution is 9.10. The lowest BCUT2D eigenvalue weighted by atomic mass is 10.1. The van der Waals surface area contributed by atoms with Crippen molar-refractivity contribution >= 4 is 27.5 Å². The molecule has 2 N–H and O–H groups in total. The number of amides is 1. The van der Waals surface area contributed by atoms with Gasteiger partial charge in [0, 0.05) is 6.20 Å².